The quantitative estimate of drug-likeness (QED) is 0.511. The molecule has 0 amide bonds. The van der Waals surface area contributed by atoms with Crippen LogP contribution in [0, 0.1) is 17.2 Å². The van der Waals surface area contributed by atoms with Crippen LogP contribution in [0.5, 0.6) is 5.75 Å². The largest absolute Gasteiger partial charge is 0.490 e. The number of carbonyl (C=O) groups is 2. The molecular formula is C24H47FN2O3. The highest BCUT2D eigenvalue weighted by atomic mass is 19.1. The Balaban J connectivity index is -0.000000215. The first kappa shape index (κ1) is 30.4. The van der Waals surface area contributed by atoms with Gasteiger partial charge in [0.2, 0.25) is 0 Å². The van der Waals surface area contributed by atoms with E-state index in [1.54, 1.807) is 12.1 Å². The second-order valence-electron chi connectivity index (χ2n) is 8.58. The monoisotopic (exact) mass is 430 g/mol. The van der Waals surface area contributed by atoms with Gasteiger partial charge in [0.15, 0.2) is 11.6 Å². The Kier molecular flexibility index (Phi) is 18.3. The van der Waals surface area contributed by atoms with Crippen molar-refractivity contribution in [3.63, 3.8) is 0 Å². The SMILES string of the molecule is C=O.C=O.CNCCCCC(C)(C)C.CN[C@H](C)c1ccc(F)c(OCC2CC2)c1.[HH].[HH]. The van der Waals surface area contributed by atoms with Gasteiger partial charge in [0, 0.05) is 8.90 Å². The zero-order valence-corrected chi connectivity index (χ0v) is 19.9. The van der Waals surface area contributed by atoms with Crippen LogP contribution in [-0.2, 0) is 9.59 Å². The zero-order chi connectivity index (χ0) is 23.6. The molecule has 5 nitrogen and oxygen atoms in total. The Morgan fingerprint density at radius 2 is 1.77 bits per heavy atom. The molecule has 2 N–H and O–H groups in total. The molecule has 0 spiro atoms. The van der Waals surface area contributed by atoms with Crippen molar-refractivity contribution in [2.24, 2.45) is 11.3 Å². The highest BCUT2D eigenvalue weighted by Crippen LogP contribution is 2.31. The summed E-state index contributed by atoms with van der Waals surface area (Å²) >= 11 is 0. The Bertz CT molecular complexity index is 555. The van der Waals surface area contributed by atoms with E-state index in [-0.39, 0.29) is 14.7 Å². The Labute approximate surface area is 186 Å². The van der Waals surface area contributed by atoms with Crippen molar-refractivity contribution in [1.82, 2.24) is 10.6 Å². The number of carbonyl (C=O) groups excluding carboxylic acids is 2. The van der Waals surface area contributed by atoms with Gasteiger partial charge < -0.3 is 25.0 Å². The number of hydrogen-bond acceptors (Lipinski definition) is 5. The lowest BCUT2D eigenvalue weighted by atomic mass is 9.90. The highest BCUT2D eigenvalue weighted by molar-refractivity contribution is 5.32. The van der Waals surface area contributed by atoms with Gasteiger partial charge in [0.1, 0.15) is 13.6 Å². The second-order valence-corrected chi connectivity index (χ2v) is 8.58. The molecule has 0 aliphatic heterocycles. The molecule has 1 saturated carbocycles. The molecule has 1 fully saturated rings. The van der Waals surface area contributed by atoms with Gasteiger partial charge in [-0.25, -0.2) is 4.39 Å². The number of nitrogens with one attached hydrogen (secondary N) is 2. The number of halogens is 1. The second kappa shape index (κ2) is 18.0. The maximum absolute atomic E-state index is 13.5. The molecule has 30 heavy (non-hydrogen) atoms. The molecule has 0 heterocycles. The van der Waals surface area contributed by atoms with Crippen molar-refractivity contribution in [3.8, 4) is 5.75 Å². The van der Waals surface area contributed by atoms with Crippen molar-refractivity contribution in [1.29, 1.82) is 0 Å². The van der Waals surface area contributed by atoms with E-state index in [4.69, 9.17) is 14.3 Å². The van der Waals surface area contributed by atoms with Crippen LogP contribution in [0.15, 0.2) is 18.2 Å². The fraction of sp³-hybridized carbons (Fsp3) is 0.667. The minimum Gasteiger partial charge on any atom is -0.490 e. The topological polar surface area (TPSA) is 67.4 Å². The first-order chi connectivity index (χ1) is 14.3. The van der Waals surface area contributed by atoms with Crippen LogP contribution in [0.4, 0.5) is 4.39 Å². The molecule has 1 aromatic rings. The normalized spacial score (nSPS) is 13.4. The summed E-state index contributed by atoms with van der Waals surface area (Å²) in [4.78, 5) is 16.0. The fourth-order valence-electron chi connectivity index (χ4n) is 2.52. The Morgan fingerprint density at radius 3 is 2.23 bits per heavy atom. The summed E-state index contributed by atoms with van der Waals surface area (Å²) in [5, 5.41) is 6.28. The number of benzene rings is 1. The minimum atomic E-state index is -0.271. The van der Waals surface area contributed by atoms with E-state index < -0.39 is 0 Å². The summed E-state index contributed by atoms with van der Waals surface area (Å²) in [6.07, 6.45) is 6.44. The Hall–Kier alpha value is -1.79. The molecule has 6 heteroatoms. The summed E-state index contributed by atoms with van der Waals surface area (Å²) in [5.41, 5.74) is 1.57. The summed E-state index contributed by atoms with van der Waals surface area (Å²) in [5.74, 6) is 0.754. The number of ether oxygens (including phenoxy) is 1. The van der Waals surface area contributed by atoms with Crippen molar-refractivity contribution in [3.05, 3.63) is 29.6 Å². The van der Waals surface area contributed by atoms with Gasteiger partial charge in [0.05, 0.1) is 6.61 Å². The molecule has 2 rings (SSSR count). The molecule has 0 aromatic heterocycles. The van der Waals surface area contributed by atoms with Crippen molar-refractivity contribution >= 4 is 13.6 Å². The molecule has 1 atom stereocenters. The van der Waals surface area contributed by atoms with Gasteiger partial charge in [-0.1, -0.05) is 33.3 Å². The number of hydrogen-bond donors (Lipinski definition) is 2. The molecule has 1 aliphatic rings. The molecule has 0 saturated heterocycles. The van der Waals surface area contributed by atoms with Crippen molar-refractivity contribution in [2.45, 2.75) is 65.8 Å². The van der Waals surface area contributed by atoms with Crippen LogP contribution in [0.1, 0.15) is 74.3 Å². The van der Waals surface area contributed by atoms with Crippen LogP contribution in [0.25, 0.3) is 0 Å². The summed E-state index contributed by atoms with van der Waals surface area (Å²) in [6.45, 7) is 14.7. The average molecular weight is 431 g/mol. The molecule has 1 aliphatic carbocycles. The van der Waals surface area contributed by atoms with Gasteiger partial charge in [0.25, 0.3) is 0 Å². The highest BCUT2D eigenvalue weighted by Gasteiger charge is 2.22. The lowest BCUT2D eigenvalue weighted by Crippen LogP contribution is -2.12. The van der Waals surface area contributed by atoms with E-state index in [2.05, 4.69) is 31.4 Å². The van der Waals surface area contributed by atoms with Crippen LogP contribution in [-0.4, -0.2) is 40.8 Å². The Morgan fingerprint density at radius 1 is 1.17 bits per heavy atom. The van der Waals surface area contributed by atoms with Gasteiger partial charge in [-0.15, -0.1) is 0 Å². The van der Waals surface area contributed by atoms with E-state index in [1.807, 2.05) is 34.6 Å². The lowest BCUT2D eigenvalue weighted by Gasteiger charge is -2.17. The van der Waals surface area contributed by atoms with Gasteiger partial charge in [-0.3, -0.25) is 0 Å². The van der Waals surface area contributed by atoms with Crippen LogP contribution in [0.2, 0.25) is 0 Å². The van der Waals surface area contributed by atoms with E-state index >= 15 is 0 Å². The molecule has 1 aromatic carbocycles. The molecule has 0 unspecified atom stereocenters. The van der Waals surface area contributed by atoms with E-state index in [0.29, 0.717) is 23.7 Å². The van der Waals surface area contributed by atoms with Crippen LogP contribution >= 0.6 is 0 Å². The number of unbranched alkanes of at least 4 members (excludes halogenated alkanes) is 1. The summed E-state index contributed by atoms with van der Waals surface area (Å²) in [6, 6.07) is 5.27. The smallest absolute Gasteiger partial charge is 0.165 e. The van der Waals surface area contributed by atoms with E-state index in [9.17, 15) is 4.39 Å². The predicted molar refractivity (Wildman–Crippen MR) is 128 cm³/mol. The van der Waals surface area contributed by atoms with Gasteiger partial charge >= 0.3 is 0 Å². The van der Waals surface area contributed by atoms with Crippen LogP contribution in [0.3, 0.4) is 0 Å². The summed E-state index contributed by atoms with van der Waals surface area (Å²) in [7, 11) is 3.90. The zero-order valence-electron chi connectivity index (χ0n) is 19.9. The molecule has 178 valence electrons. The first-order valence-electron chi connectivity index (χ1n) is 10.6. The third kappa shape index (κ3) is 16.1. The first-order valence-corrected chi connectivity index (χ1v) is 10.6. The molecule has 0 radical (unpaired) electrons. The van der Waals surface area contributed by atoms with Crippen molar-refractivity contribution < 1.29 is 21.6 Å². The van der Waals surface area contributed by atoms with E-state index in [1.165, 1.54) is 38.2 Å². The summed E-state index contributed by atoms with van der Waals surface area (Å²) < 4.78 is 19.0. The standard InChI is InChI=1S/C13H18FNO.C9H21N.2CH2O.2H2/c1-9(15-2)11-5-6-12(14)13(7-11)16-8-10-3-4-10;1-9(2,3)7-5-6-8-10-4;2*1-2;;/h5-7,9-10,15H,3-4,8H2,1-2H3;10H,5-8H2,1-4H3;2*1H2;2*1H/t9-;;;;;/m1...../s1. The maximum Gasteiger partial charge on any atom is 0.165 e. The minimum absolute atomic E-state index is 0. The average Bonchev–Trinajstić information content (AvgIpc) is 3.57. The maximum atomic E-state index is 13.5. The predicted octanol–water partition coefficient (Wildman–Crippen LogP) is 5.44. The van der Waals surface area contributed by atoms with Gasteiger partial charge in [-0.2, -0.15) is 0 Å². The molecular weight excluding hydrogens is 383 g/mol. The van der Waals surface area contributed by atoms with E-state index in [0.717, 1.165) is 12.1 Å². The number of rotatable bonds is 9. The third-order valence-corrected chi connectivity index (χ3v) is 4.66. The fourth-order valence-corrected chi connectivity index (χ4v) is 2.52. The lowest BCUT2D eigenvalue weighted by molar-refractivity contribution is -0.0987. The third-order valence-electron chi connectivity index (χ3n) is 4.66. The molecule has 0 bridgehead atoms. The van der Waals surface area contributed by atoms with Crippen molar-refractivity contribution in [2.75, 3.05) is 27.2 Å². The van der Waals surface area contributed by atoms with Crippen LogP contribution < -0.4 is 15.4 Å². The van der Waals surface area contributed by atoms with Gasteiger partial charge in [-0.05, 0) is 82.3 Å².